The Labute approximate surface area is 164 Å². The number of benzene rings is 1. The van der Waals surface area contributed by atoms with Crippen LogP contribution in [-0.4, -0.2) is 53.6 Å². The summed E-state index contributed by atoms with van der Waals surface area (Å²) in [7, 11) is 0. The molecular weight excluding hydrogens is 364 g/mol. The number of piperidine rings is 1. The number of morpholine rings is 1. The number of likely N-dealkylation sites (tertiary alicyclic amines) is 1. The van der Waals surface area contributed by atoms with Gasteiger partial charge in [-0.3, -0.25) is 9.78 Å². The third-order valence-electron chi connectivity index (χ3n) is 5.12. The van der Waals surface area contributed by atoms with Crippen molar-refractivity contribution in [1.82, 2.24) is 14.9 Å². The molecule has 1 aromatic carbocycles. The molecule has 2 aliphatic rings. The molecule has 0 aliphatic carbocycles. The van der Waals surface area contributed by atoms with Crippen LogP contribution in [0.5, 0.6) is 0 Å². The van der Waals surface area contributed by atoms with Crippen molar-refractivity contribution in [2.75, 3.05) is 37.7 Å². The molecule has 0 bridgehead atoms. The molecule has 2 fully saturated rings. The van der Waals surface area contributed by atoms with Gasteiger partial charge in [-0.25, -0.2) is 4.98 Å². The van der Waals surface area contributed by atoms with Crippen molar-refractivity contribution < 1.29 is 9.53 Å². The Balaban J connectivity index is 1.49. The number of rotatable bonds is 3. The molecule has 2 aliphatic heterocycles. The molecule has 2 aromatic rings. The van der Waals surface area contributed by atoms with Crippen LogP contribution >= 0.6 is 11.6 Å². The third kappa shape index (κ3) is 4.22. The van der Waals surface area contributed by atoms with E-state index in [4.69, 9.17) is 16.3 Å². The van der Waals surface area contributed by atoms with E-state index in [2.05, 4.69) is 14.9 Å². The van der Waals surface area contributed by atoms with Gasteiger partial charge in [-0.2, -0.15) is 0 Å². The highest BCUT2D eigenvalue weighted by atomic mass is 35.5. The van der Waals surface area contributed by atoms with Crippen LogP contribution in [0.2, 0.25) is 5.02 Å². The molecule has 2 saturated heterocycles. The predicted molar refractivity (Wildman–Crippen MR) is 104 cm³/mol. The Kier molecular flexibility index (Phi) is 5.55. The van der Waals surface area contributed by atoms with Gasteiger partial charge in [-0.1, -0.05) is 23.7 Å². The predicted octanol–water partition coefficient (Wildman–Crippen LogP) is 3.33. The lowest BCUT2D eigenvalue weighted by atomic mass is 10.1. The smallest absolute Gasteiger partial charge is 0.274 e. The first-order chi connectivity index (χ1) is 13.2. The largest absolute Gasteiger partial charge is 0.370 e. The van der Waals surface area contributed by atoms with E-state index in [0.717, 1.165) is 43.9 Å². The second-order valence-electron chi connectivity index (χ2n) is 6.97. The summed E-state index contributed by atoms with van der Waals surface area (Å²) in [6.07, 6.45) is 6.54. The summed E-state index contributed by atoms with van der Waals surface area (Å²) in [5.74, 6) is 0.701. The molecule has 4 rings (SSSR count). The maximum Gasteiger partial charge on any atom is 0.274 e. The number of halogens is 1. The van der Waals surface area contributed by atoms with Crippen LogP contribution in [0.3, 0.4) is 0 Å². The summed E-state index contributed by atoms with van der Waals surface area (Å²) >= 11 is 5.98. The van der Waals surface area contributed by atoms with Gasteiger partial charge < -0.3 is 14.5 Å². The number of nitrogens with zero attached hydrogens (tertiary/aromatic N) is 4. The van der Waals surface area contributed by atoms with Crippen molar-refractivity contribution in [3.8, 4) is 0 Å². The van der Waals surface area contributed by atoms with Gasteiger partial charge in [-0.15, -0.1) is 0 Å². The highest BCUT2D eigenvalue weighted by molar-refractivity contribution is 6.30. The summed E-state index contributed by atoms with van der Waals surface area (Å²) < 4.78 is 5.92. The molecular formula is C20H23ClN4O2. The van der Waals surface area contributed by atoms with Crippen LogP contribution in [0.25, 0.3) is 0 Å². The van der Waals surface area contributed by atoms with Crippen LogP contribution in [0.4, 0.5) is 5.82 Å². The summed E-state index contributed by atoms with van der Waals surface area (Å²) in [6.45, 7) is 3.60. The monoisotopic (exact) mass is 386 g/mol. The normalized spacial score (nSPS) is 20.6. The fourth-order valence-corrected chi connectivity index (χ4v) is 3.73. The van der Waals surface area contributed by atoms with E-state index in [9.17, 15) is 4.79 Å². The van der Waals surface area contributed by atoms with Gasteiger partial charge in [0.2, 0.25) is 0 Å². The zero-order valence-electron chi connectivity index (χ0n) is 15.2. The Morgan fingerprint density at radius 1 is 1.07 bits per heavy atom. The molecule has 0 saturated carbocycles. The van der Waals surface area contributed by atoms with Crippen LogP contribution < -0.4 is 4.90 Å². The van der Waals surface area contributed by atoms with E-state index < -0.39 is 0 Å². The minimum atomic E-state index is -0.0562. The van der Waals surface area contributed by atoms with Crippen molar-refractivity contribution in [3.63, 3.8) is 0 Å². The topological polar surface area (TPSA) is 58.6 Å². The number of hydrogen-bond acceptors (Lipinski definition) is 5. The minimum Gasteiger partial charge on any atom is -0.370 e. The van der Waals surface area contributed by atoms with Crippen molar-refractivity contribution in [1.29, 1.82) is 0 Å². The van der Waals surface area contributed by atoms with Crippen LogP contribution in [0, 0.1) is 0 Å². The Hall–Kier alpha value is -2.18. The molecule has 142 valence electrons. The molecule has 7 heteroatoms. The van der Waals surface area contributed by atoms with Gasteiger partial charge in [0.05, 0.1) is 19.0 Å². The summed E-state index contributed by atoms with van der Waals surface area (Å²) in [5.41, 5.74) is 1.50. The molecule has 27 heavy (non-hydrogen) atoms. The van der Waals surface area contributed by atoms with Crippen LogP contribution in [0.1, 0.15) is 41.4 Å². The first-order valence-corrected chi connectivity index (χ1v) is 9.82. The molecule has 0 unspecified atom stereocenters. The number of anilines is 1. The number of ether oxygens (including phenoxy) is 1. The lowest BCUT2D eigenvalue weighted by molar-refractivity contribution is 0.0395. The zero-order valence-corrected chi connectivity index (χ0v) is 15.9. The van der Waals surface area contributed by atoms with E-state index in [1.54, 1.807) is 12.4 Å². The fourth-order valence-electron chi connectivity index (χ4n) is 3.61. The van der Waals surface area contributed by atoms with E-state index in [-0.39, 0.29) is 12.0 Å². The summed E-state index contributed by atoms with van der Waals surface area (Å²) in [4.78, 5) is 25.6. The number of hydrogen-bond donors (Lipinski definition) is 0. The molecule has 0 N–H and O–H groups in total. The van der Waals surface area contributed by atoms with E-state index in [1.807, 2.05) is 29.2 Å². The van der Waals surface area contributed by atoms with Gasteiger partial charge in [0.1, 0.15) is 17.6 Å². The molecule has 0 radical (unpaired) electrons. The lowest BCUT2D eigenvalue weighted by Gasteiger charge is -2.34. The first kappa shape index (κ1) is 18.2. The second-order valence-corrected chi connectivity index (χ2v) is 7.41. The molecule has 1 amide bonds. The molecule has 1 atom stereocenters. The molecule has 0 spiro atoms. The first-order valence-electron chi connectivity index (χ1n) is 9.44. The van der Waals surface area contributed by atoms with E-state index in [0.29, 0.717) is 23.9 Å². The molecule has 1 aromatic heterocycles. The van der Waals surface area contributed by atoms with E-state index in [1.165, 1.54) is 6.42 Å². The highest BCUT2D eigenvalue weighted by Gasteiger charge is 2.25. The van der Waals surface area contributed by atoms with Crippen molar-refractivity contribution >= 4 is 23.3 Å². The quantitative estimate of drug-likeness (QED) is 0.809. The Bertz CT molecular complexity index is 793. The fraction of sp³-hybridized carbons (Fsp3) is 0.450. The number of carbonyl (C=O) groups excluding carboxylic acids is 1. The molecule has 6 nitrogen and oxygen atoms in total. The average Bonchev–Trinajstić information content (AvgIpc) is 2.74. The van der Waals surface area contributed by atoms with Gasteiger partial charge in [0.15, 0.2) is 0 Å². The standard InChI is InChI=1S/C20H23ClN4O2/c21-16-6-4-15(5-7-16)18-14-25(10-11-27-18)19-13-22-12-17(23-19)20(26)24-8-2-1-3-9-24/h4-7,12-13,18H,1-3,8-11,14H2/t18-/m0/s1. The summed E-state index contributed by atoms with van der Waals surface area (Å²) in [5, 5.41) is 0.709. The SMILES string of the molecule is O=C(c1cncc(N2CCO[C@H](c3ccc(Cl)cc3)C2)n1)N1CCCCC1. The lowest BCUT2D eigenvalue weighted by Crippen LogP contribution is -2.40. The van der Waals surface area contributed by atoms with Gasteiger partial charge >= 0.3 is 0 Å². The third-order valence-corrected chi connectivity index (χ3v) is 5.37. The van der Waals surface area contributed by atoms with Crippen molar-refractivity contribution in [2.24, 2.45) is 0 Å². The second kappa shape index (κ2) is 8.23. The van der Waals surface area contributed by atoms with Gasteiger partial charge in [-0.05, 0) is 37.0 Å². The average molecular weight is 387 g/mol. The number of amides is 1. The van der Waals surface area contributed by atoms with Gasteiger partial charge in [0.25, 0.3) is 5.91 Å². The Morgan fingerprint density at radius 2 is 1.85 bits per heavy atom. The number of aromatic nitrogens is 2. The van der Waals surface area contributed by atoms with Crippen molar-refractivity contribution in [3.05, 3.63) is 52.9 Å². The molecule has 3 heterocycles. The number of carbonyl (C=O) groups is 1. The maximum atomic E-state index is 12.7. The van der Waals surface area contributed by atoms with Gasteiger partial charge in [0, 0.05) is 31.2 Å². The van der Waals surface area contributed by atoms with Crippen LogP contribution in [0.15, 0.2) is 36.7 Å². The maximum absolute atomic E-state index is 12.7. The minimum absolute atomic E-state index is 0.0217. The highest BCUT2D eigenvalue weighted by Crippen LogP contribution is 2.26. The zero-order chi connectivity index (χ0) is 18.6. The Morgan fingerprint density at radius 3 is 2.63 bits per heavy atom. The summed E-state index contributed by atoms with van der Waals surface area (Å²) in [6, 6.07) is 7.71. The van der Waals surface area contributed by atoms with E-state index >= 15 is 0 Å². The van der Waals surface area contributed by atoms with Crippen LogP contribution in [-0.2, 0) is 4.74 Å². The van der Waals surface area contributed by atoms with Crippen molar-refractivity contribution in [2.45, 2.75) is 25.4 Å².